The minimum atomic E-state index is -1.18. The number of hydrogen-bond acceptors (Lipinski definition) is 6. The van der Waals surface area contributed by atoms with Crippen LogP contribution in [0.1, 0.15) is 31.2 Å². The van der Waals surface area contributed by atoms with Crippen molar-refractivity contribution in [3.8, 4) is 23.0 Å². The van der Waals surface area contributed by atoms with Crippen LogP contribution < -0.4 is 40.8 Å². The topological polar surface area (TPSA) is 63.4 Å². The van der Waals surface area contributed by atoms with Gasteiger partial charge in [-0.25, -0.2) is 9.48 Å². The smallest absolute Gasteiger partial charge is 0.271 e. The first-order chi connectivity index (χ1) is 15.1. The van der Waals surface area contributed by atoms with Crippen LogP contribution in [-0.4, -0.2) is 56.0 Å². The van der Waals surface area contributed by atoms with Gasteiger partial charge in [-0.2, -0.15) is 0 Å². The van der Waals surface area contributed by atoms with Crippen LogP contribution in [0.15, 0.2) is 36.4 Å². The molecule has 32 heavy (non-hydrogen) atoms. The first kappa shape index (κ1) is 22.7. The number of anilines is 1. The fourth-order valence-electron chi connectivity index (χ4n) is 4.84. The van der Waals surface area contributed by atoms with E-state index in [1.807, 2.05) is 36.4 Å². The van der Waals surface area contributed by atoms with Crippen LogP contribution >= 0.6 is 0 Å². The maximum atomic E-state index is 12.1. The van der Waals surface area contributed by atoms with Crippen LogP contribution in [0.2, 0.25) is 0 Å². The third-order valence-corrected chi connectivity index (χ3v) is 6.41. The van der Waals surface area contributed by atoms with Crippen molar-refractivity contribution in [1.29, 1.82) is 0 Å². The van der Waals surface area contributed by atoms with Crippen LogP contribution in [0.3, 0.4) is 0 Å². The fraction of sp³-hybridized carbons (Fsp3) is 0.458. The van der Waals surface area contributed by atoms with Gasteiger partial charge in [-0.3, -0.25) is 0 Å². The molecule has 2 aromatic rings. The monoisotopic (exact) mass is 504 g/mol. The molecule has 1 N–H and O–H groups in total. The highest BCUT2D eigenvalue weighted by Gasteiger charge is 2.53. The van der Waals surface area contributed by atoms with Crippen molar-refractivity contribution in [2.45, 2.75) is 31.4 Å². The number of nitrogens with zero attached hydrogens (tertiary/aromatic N) is 2. The van der Waals surface area contributed by atoms with Gasteiger partial charge in [0.05, 0.1) is 20.8 Å². The summed E-state index contributed by atoms with van der Waals surface area (Å²) in [6.07, 6.45) is 4.17. The van der Waals surface area contributed by atoms with Gasteiger partial charge in [0.15, 0.2) is 29.5 Å². The van der Waals surface area contributed by atoms with Gasteiger partial charge in [-0.15, -0.1) is 0 Å². The molecular weight excluding hydrogens is 476 g/mol. The Bertz CT molecular complexity index is 1030. The SMILES string of the molecule is COc1ccc(OC)c(N2CC(O)(c3ccc4c(c3)OCCO4)[N+]3=C2CCCCC3)c1.[Br-]. The fourth-order valence-corrected chi connectivity index (χ4v) is 4.84. The normalized spacial score (nSPS) is 22.0. The number of methoxy groups -OCH3 is 2. The molecule has 0 amide bonds. The Balaban J connectivity index is 0.00000245. The molecule has 172 valence electrons. The predicted molar refractivity (Wildman–Crippen MR) is 117 cm³/mol. The lowest BCUT2D eigenvalue weighted by Crippen LogP contribution is -3.00. The lowest BCUT2D eigenvalue weighted by Gasteiger charge is -2.26. The highest BCUT2D eigenvalue weighted by atomic mass is 79.9. The van der Waals surface area contributed by atoms with Gasteiger partial charge in [-0.1, -0.05) is 0 Å². The van der Waals surface area contributed by atoms with Crippen molar-refractivity contribution < 1.29 is 45.6 Å². The minimum absolute atomic E-state index is 0. The Morgan fingerprint density at radius 3 is 2.56 bits per heavy atom. The van der Waals surface area contributed by atoms with Crippen molar-refractivity contribution in [1.82, 2.24) is 0 Å². The van der Waals surface area contributed by atoms with Crippen molar-refractivity contribution in [3.63, 3.8) is 0 Å². The summed E-state index contributed by atoms with van der Waals surface area (Å²) in [5.41, 5.74) is 0.529. The summed E-state index contributed by atoms with van der Waals surface area (Å²) < 4.78 is 24.8. The minimum Gasteiger partial charge on any atom is -1.00 e. The second-order valence-corrected chi connectivity index (χ2v) is 8.18. The second-order valence-electron chi connectivity index (χ2n) is 8.18. The number of halogens is 1. The van der Waals surface area contributed by atoms with Crippen molar-refractivity contribution in [2.24, 2.45) is 0 Å². The quantitative estimate of drug-likeness (QED) is 0.597. The van der Waals surface area contributed by atoms with Crippen molar-refractivity contribution in [3.05, 3.63) is 42.0 Å². The maximum absolute atomic E-state index is 12.1. The molecule has 0 bridgehead atoms. The summed E-state index contributed by atoms with van der Waals surface area (Å²) in [7, 11) is 3.33. The van der Waals surface area contributed by atoms with E-state index in [9.17, 15) is 5.11 Å². The summed E-state index contributed by atoms with van der Waals surface area (Å²) >= 11 is 0. The Morgan fingerprint density at radius 1 is 0.969 bits per heavy atom. The summed E-state index contributed by atoms with van der Waals surface area (Å²) in [6, 6.07) is 11.5. The Kier molecular flexibility index (Phi) is 6.53. The molecule has 3 aliphatic rings. The van der Waals surface area contributed by atoms with Crippen LogP contribution in [0, 0.1) is 0 Å². The average Bonchev–Trinajstić information content (AvgIpc) is 2.96. The van der Waals surface area contributed by atoms with E-state index in [0.29, 0.717) is 25.5 Å². The average molecular weight is 505 g/mol. The third-order valence-electron chi connectivity index (χ3n) is 6.41. The Labute approximate surface area is 198 Å². The van der Waals surface area contributed by atoms with E-state index in [-0.39, 0.29) is 17.0 Å². The molecule has 1 atom stereocenters. The molecule has 8 heteroatoms. The van der Waals surface area contributed by atoms with Gasteiger partial charge < -0.3 is 41.0 Å². The number of benzene rings is 2. The number of amidine groups is 1. The molecule has 3 heterocycles. The summed E-state index contributed by atoms with van der Waals surface area (Å²) in [5, 5.41) is 12.1. The van der Waals surface area contributed by atoms with Crippen LogP contribution in [0.5, 0.6) is 23.0 Å². The summed E-state index contributed by atoms with van der Waals surface area (Å²) in [5.74, 6) is 4.03. The largest absolute Gasteiger partial charge is 1.00 e. The van der Waals surface area contributed by atoms with Crippen molar-refractivity contribution in [2.75, 3.05) is 45.4 Å². The van der Waals surface area contributed by atoms with Gasteiger partial charge in [0.1, 0.15) is 19.0 Å². The highest BCUT2D eigenvalue weighted by molar-refractivity contribution is 5.97. The number of fused-ring (bicyclic) bond motifs is 1. The predicted octanol–water partition coefficient (Wildman–Crippen LogP) is 0.129. The molecule has 5 rings (SSSR count). The van der Waals surface area contributed by atoms with Crippen LogP contribution in [0.4, 0.5) is 5.69 Å². The summed E-state index contributed by atoms with van der Waals surface area (Å²) in [4.78, 5) is 2.18. The van der Waals surface area contributed by atoms with E-state index in [2.05, 4.69) is 9.48 Å². The standard InChI is InChI=1S/C24H29N2O5.BrH/c1-28-18-8-10-20(29-2)19(15-18)25-16-24(27,26-11-5-3-4-6-23(25)26)17-7-9-21-22(14-17)31-13-12-30-21;/h7-10,14-15,27H,3-6,11-13,16H2,1-2H3;1H/q+1;/p-1. The highest BCUT2D eigenvalue weighted by Crippen LogP contribution is 2.42. The lowest BCUT2D eigenvalue weighted by atomic mass is 10.0. The molecule has 2 aromatic carbocycles. The first-order valence-electron chi connectivity index (χ1n) is 10.9. The summed E-state index contributed by atoms with van der Waals surface area (Å²) in [6.45, 7) is 2.25. The molecule has 0 fully saturated rings. The molecule has 0 saturated heterocycles. The zero-order valence-electron chi connectivity index (χ0n) is 18.5. The van der Waals surface area contributed by atoms with Gasteiger partial charge in [0, 0.05) is 18.1 Å². The van der Waals surface area contributed by atoms with E-state index in [0.717, 1.165) is 66.6 Å². The molecule has 1 unspecified atom stereocenters. The van der Waals surface area contributed by atoms with E-state index >= 15 is 0 Å². The molecule has 3 aliphatic heterocycles. The maximum Gasteiger partial charge on any atom is 0.271 e. The van der Waals surface area contributed by atoms with E-state index in [4.69, 9.17) is 18.9 Å². The van der Waals surface area contributed by atoms with Crippen LogP contribution in [0.25, 0.3) is 0 Å². The van der Waals surface area contributed by atoms with E-state index in [1.165, 1.54) is 0 Å². The Morgan fingerprint density at radius 2 is 1.78 bits per heavy atom. The zero-order chi connectivity index (χ0) is 21.4. The number of hydrogen-bond donors (Lipinski definition) is 1. The first-order valence-corrected chi connectivity index (χ1v) is 10.9. The number of rotatable bonds is 4. The zero-order valence-corrected chi connectivity index (χ0v) is 20.1. The number of aliphatic hydroxyl groups is 1. The number of ether oxygens (including phenoxy) is 4. The van der Waals surface area contributed by atoms with E-state index < -0.39 is 5.72 Å². The van der Waals surface area contributed by atoms with Gasteiger partial charge in [0.25, 0.3) is 11.6 Å². The molecule has 0 radical (unpaired) electrons. The Hall–Kier alpha value is -2.45. The third kappa shape index (κ3) is 3.79. The molecule has 0 spiro atoms. The van der Waals surface area contributed by atoms with E-state index in [1.54, 1.807) is 14.2 Å². The second kappa shape index (κ2) is 9.19. The molecule has 0 saturated carbocycles. The van der Waals surface area contributed by atoms with Crippen LogP contribution in [-0.2, 0) is 5.72 Å². The molecule has 0 aromatic heterocycles. The van der Waals surface area contributed by atoms with Gasteiger partial charge in [-0.05, 0) is 49.6 Å². The number of β-amino-alcohol motifs (C(OH)–C–C–N with tert-alkyl or cyclic N) is 1. The molecule has 0 aliphatic carbocycles. The molecular formula is C24H29BrN2O5. The van der Waals surface area contributed by atoms with Gasteiger partial charge >= 0.3 is 0 Å². The molecule has 7 nitrogen and oxygen atoms in total. The van der Waals surface area contributed by atoms with Gasteiger partial charge in [0.2, 0.25) is 0 Å². The lowest BCUT2D eigenvalue weighted by molar-refractivity contribution is -0.658. The van der Waals surface area contributed by atoms with Crippen molar-refractivity contribution >= 4 is 11.5 Å².